The van der Waals surface area contributed by atoms with E-state index in [1.165, 1.54) is 33.4 Å². The monoisotopic (exact) mass is 376 g/mol. The molecule has 2 aromatic carbocycles. The standard InChI is InChI=1S/C26H32O2/c1-5-26(16-27-18-28-17-26)15-19-13-21-7-6-8-23(24(21)14-19)20-9-11-22(12-10-20)25(2,3)4/h6-12,14H,5,13,15-18H2,1-4H3. The maximum Gasteiger partial charge on any atom is 0.146 e. The molecule has 28 heavy (non-hydrogen) atoms. The molecule has 0 spiro atoms. The molecule has 0 unspecified atom stereocenters. The molecule has 1 fully saturated rings. The van der Waals surface area contributed by atoms with Crippen LogP contribution in [-0.2, 0) is 21.3 Å². The zero-order chi connectivity index (χ0) is 19.8. The van der Waals surface area contributed by atoms with Crippen molar-refractivity contribution in [2.24, 2.45) is 5.41 Å². The lowest BCUT2D eigenvalue weighted by molar-refractivity contribution is -0.165. The average molecular weight is 377 g/mol. The molecule has 1 aliphatic heterocycles. The maximum absolute atomic E-state index is 5.65. The first-order valence-electron chi connectivity index (χ1n) is 10.5. The molecule has 0 bridgehead atoms. The predicted octanol–water partition coefficient (Wildman–Crippen LogP) is 6.38. The minimum atomic E-state index is 0.126. The van der Waals surface area contributed by atoms with Crippen LogP contribution < -0.4 is 0 Å². The molecule has 0 radical (unpaired) electrons. The molecule has 1 saturated heterocycles. The van der Waals surface area contributed by atoms with Crippen molar-refractivity contribution in [2.75, 3.05) is 20.0 Å². The van der Waals surface area contributed by atoms with Gasteiger partial charge in [0.25, 0.3) is 0 Å². The van der Waals surface area contributed by atoms with Gasteiger partial charge in [0, 0.05) is 5.41 Å². The molecule has 4 rings (SSSR count). The summed E-state index contributed by atoms with van der Waals surface area (Å²) in [6.45, 7) is 11.1. The maximum atomic E-state index is 5.65. The minimum Gasteiger partial charge on any atom is -0.355 e. The first-order valence-corrected chi connectivity index (χ1v) is 10.5. The normalized spacial score (nSPS) is 18.6. The quantitative estimate of drug-likeness (QED) is 0.616. The van der Waals surface area contributed by atoms with Crippen LogP contribution >= 0.6 is 0 Å². The van der Waals surface area contributed by atoms with Crippen LogP contribution in [0.3, 0.4) is 0 Å². The minimum absolute atomic E-state index is 0.126. The van der Waals surface area contributed by atoms with Gasteiger partial charge < -0.3 is 9.47 Å². The number of fused-ring (bicyclic) bond motifs is 1. The van der Waals surface area contributed by atoms with Gasteiger partial charge in [0.05, 0.1) is 13.2 Å². The molecule has 2 aromatic rings. The first-order chi connectivity index (χ1) is 13.4. The average Bonchev–Trinajstić information content (AvgIpc) is 3.10. The fourth-order valence-electron chi connectivity index (χ4n) is 4.48. The smallest absolute Gasteiger partial charge is 0.146 e. The lowest BCUT2D eigenvalue weighted by atomic mass is 9.79. The summed E-state index contributed by atoms with van der Waals surface area (Å²) in [6, 6.07) is 15.8. The van der Waals surface area contributed by atoms with E-state index in [1.54, 1.807) is 0 Å². The summed E-state index contributed by atoms with van der Waals surface area (Å²) in [5.74, 6) is 0. The zero-order valence-electron chi connectivity index (χ0n) is 17.7. The Morgan fingerprint density at radius 2 is 1.68 bits per heavy atom. The van der Waals surface area contributed by atoms with Crippen LogP contribution in [0.15, 0.2) is 48.0 Å². The Morgan fingerprint density at radius 1 is 0.964 bits per heavy atom. The third kappa shape index (κ3) is 3.81. The molecule has 2 aliphatic rings. The summed E-state index contributed by atoms with van der Waals surface area (Å²) in [7, 11) is 0. The Labute approximate surface area is 169 Å². The number of hydrogen-bond acceptors (Lipinski definition) is 2. The Kier molecular flexibility index (Phi) is 5.20. The number of allylic oxidation sites excluding steroid dienone is 1. The van der Waals surface area contributed by atoms with E-state index in [4.69, 9.17) is 9.47 Å². The predicted molar refractivity (Wildman–Crippen MR) is 116 cm³/mol. The lowest BCUT2D eigenvalue weighted by Crippen LogP contribution is -2.37. The van der Waals surface area contributed by atoms with E-state index in [1.807, 2.05) is 0 Å². The Morgan fingerprint density at radius 3 is 2.32 bits per heavy atom. The molecule has 0 atom stereocenters. The van der Waals surface area contributed by atoms with E-state index in [0.717, 1.165) is 32.5 Å². The van der Waals surface area contributed by atoms with Crippen molar-refractivity contribution in [1.82, 2.24) is 0 Å². The van der Waals surface area contributed by atoms with Gasteiger partial charge in [-0.15, -0.1) is 0 Å². The fraction of sp³-hybridized carbons (Fsp3) is 0.462. The Hall–Kier alpha value is -1.90. The summed E-state index contributed by atoms with van der Waals surface area (Å²) in [4.78, 5) is 0. The van der Waals surface area contributed by atoms with Crippen LogP contribution in [0.4, 0.5) is 0 Å². The summed E-state index contributed by atoms with van der Waals surface area (Å²) < 4.78 is 11.3. The van der Waals surface area contributed by atoms with Gasteiger partial charge in [-0.05, 0) is 52.5 Å². The van der Waals surface area contributed by atoms with E-state index < -0.39 is 0 Å². The molecule has 148 valence electrons. The second kappa shape index (κ2) is 7.50. The van der Waals surface area contributed by atoms with E-state index in [2.05, 4.69) is 76.2 Å². The van der Waals surface area contributed by atoms with Gasteiger partial charge in [-0.1, -0.05) is 81.8 Å². The molecular weight excluding hydrogens is 344 g/mol. The summed E-state index contributed by atoms with van der Waals surface area (Å²) in [6.07, 6.45) is 5.61. The van der Waals surface area contributed by atoms with E-state index in [0.29, 0.717) is 6.79 Å². The molecule has 1 aliphatic carbocycles. The van der Waals surface area contributed by atoms with Crippen molar-refractivity contribution in [3.63, 3.8) is 0 Å². The van der Waals surface area contributed by atoms with Crippen LogP contribution in [0, 0.1) is 5.41 Å². The van der Waals surface area contributed by atoms with Crippen molar-refractivity contribution < 1.29 is 9.47 Å². The van der Waals surface area contributed by atoms with E-state index in [-0.39, 0.29) is 10.8 Å². The van der Waals surface area contributed by atoms with Gasteiger partial charge in [-0.3, -0.25) is 0 Å². The molecule has 0 amide bonds. The van der Waals surface area contributed by atoms with Gasteiger partial charge in [0.1, 0.15) is 6.79 Å². The number of benzene rings is 2. The summed E-state index contributed by atoms with van der Waals surface area (Å²) in [5.41, 5.74) is 8.67. The molecule has 0 aromatic heterocycles. The summed E-state index contributed by atoms with van der Waals surface area (Å²) in [5, 5.41) is 0. The SMILES string of the molecule is CCC1(CC2=Cc3c(cccc3-c3ccc(C(C)(C)C)cc3)C2)COCOC1. The lowest BCUT2D eigenvalue weighted by Gasteiger charge is -2.36. The molecule has 2 heteroatoms. The molecule has 0 saturated carbocycles. The summed E-state index contributed by atoms with van der Waals surface area (Å²) >= 11 is 0. The van der Waals surface area contributed by atoms with E-state index in [9.17, 15) is 0 Å². The molecular formula is C26H32O2. The van der Waals surface area contributed by atoms with Gasteiger partial charge in [-0.25, -0.2) is 0 Å². The first kappa shape index (κ1) is 19.4. The topological polar surface area (TPSA) is 18.5 Å². The van der Waals surface area contributed by atoms with Crippen LogP contribution in [0.5, 0.6) is 0 Å². The second-order valence-corrected chi connectivity index (χ2v) is 9.53. The van der Waals surface area contributed by atoms with Crippen molar-refractivity contribution in [2.45, 2.75) is 52.4 Å². The van der Waals surface area contributed by atoms with Gasteiger partial charge >= 0.3 is 0 Å². The van der Waals surface area contributed by atoms with Crippen molar-refractivity contribution in [3.05, 3.63) is 64.7 Å². The largest absolute Gasteiger partial charge is 0.355 e. The van der Waals surface area contributed by atoms with Crippen LogP contribution in [0.2, 0.25) is 0 Å². The zero-order valence-corrected chi connectivity index (χ0v) is 17.7. The van der Waals surface area contributed by atoms with Gasteiger partial charge in [-0.2, -0.15) is 0 Å². The highest BCUT2D eigenvalue weighted by Gasteiger charge is 2.34. The van der Waals surface area contributed by atoms with Crippen molar-refractivity contribution in [1.29, 1.82) is 0 Å². The number of hydrogen-bond donors (Lipinski definition) is 0. The van der Waals surface area contributed by atoms with Crippen molar-refractivity contribution in [3.8, 4) is 11.1 Å². The highest BCUT2D eigenvalue weighted by atomic mass is 16.7. The van der Waals surface area contributed by atoms with Crippen LogP contribution in [-0.4, -0.2) is 20.0 Å². The molecule has 2 nitrogen and oxygen atoms in total. The third-order valence-electron chi connectivity index (χ3n) is 6.36. The number of rotatable bonds is 4. The van der Waals surface area contributed by atoms with Gasteiger partial charge in [0.15, 0.2) is 0 Å². The molecule has 0 N–H and O–H groups in total. The Bertz CT molecular complexity index is 862. The van der Waals surface area contributed by atoms with E-state index >= 15 is 0 Å². The fourth-order valence-corrected chi connectivity index (χ4v) is 4.48. The highest BCUT2D eigenvalue weighted by Crippen LogP contribution is 2.41. The third-order valence-corrected chi connectivity index (χ3v) is 6.36. The Balaban J connectivity index is 1.62. The van der Waals surface area contributed by atoms with Gasteiger partial charge in [0.2, 0.25) is 0 Å². The second-order valence-electron chi connectivity index (χ2n) is 9.53. The van der Waals surface area contributed by atoms with Crippen molar-refractivity contribution >= 4 is 6.08 Å². The number of ether oxygens (including phenoxy) is 2. The van der Waals surface area contributed by atoms with Crippen LogP contribution in [0.1, 0.15) is 57.2 Å². The highest BCUT2D eigenvalue weighted by molar-refractivity contribution is 5.81. The molecule has 1 heterocycles. The van der Waals surface area contributed by atoms with Crippen LogP contribution in [0.25, 0.3) is 17.2 Å².